The van der Waals surface area contributed by atoms with Gasteiger partial charge in [0.05, 0.1) is 11.4 Å². The van der Waals surface area contributed by atoms with E-state index in [1.54, 1.807) is 0 Å². The first-order valence-corrected chi connectivity index (χ1v) is 14.0. The highest BCUT2D eigenvalue weighted by Crippen LogP contribution is 2.47. The van der Waals surface area contributed by atoms with Gasteiger partial charge in [-0.25, -0.2) is 4.98 Å². The summed E-state index contributed by atoms with van der Waals surface area (Å²) < 4.78 is 12.1. The lowest BCUT2D eigenvalue weighted by Gasteiger charge is -2.24. The standard InChI is InChI=1S/C36H25N5O2/c1-24-40(23-25-16-18-27(19-17-25)36-39-38-35(43-36)26-10-4-2-5-11-26)32-22-28(34-37-30-14-8-9-15-33(30)42-34)20-21-31(32)41(24)29-12-6-3-7-13-29/h2-22H,1,23H2. The third-order valence-electron chi connectivity index (χ3n) is 7.62. The van der Waals surface area contributed by atoms with Crippen molar-refractivity contribution in [1.29, 1.82) is 0 Å². The molecule has 0 N–H and O–H groups in total. The van der Waals surface area contributed by atoms with E-state index >= 15 is 0 Å². The number of benzene rings is 5. The van der Waals surface area contributed by atoms with Gasteiger partial charge < -0.3 is 13.7 Å². The molecule has 8 rings (SSSR count). The summed E-state index contributed by atoms with van der Waals surface area (Å²) in [6.07, 6.45) is 0. The van der Waals surface area contributed by atoms with Crippen LogP contribution in [0.4, 0.5) is 17.1 Å². The van der Waals surface area contributed by atoms with Gasteiger partial charge in [-0.15, -0.1) is 10.2 Å². The lowest BCUT2D eigenvalue weighted by atomic mass is 10.1. The summed E-state index contributed by atoms with van der Waals surface area (Å²) in [7, 11) is 0. The normalized spacial score (nSPS) is 12.7. The summed E-state index contributed by atoms with van der Waals surface area (Å²) in [5, 5.41) is 8.51. The number of hydrogen-bond donors (Lipinski definition) is 0. The van der Waals surface area contributed by atoms with Crippen molar-refractivity contribution in [3.05, 3.63) is 145 Å². The summed E-state index contributed by atoms with van der Waals surface area (Å²) in [5.74, 6) is 2.44. The van der Waals surface area contributed by atoms with E-state index in [9.17, 15) is 0 Å². The fourth-order valence-corrected chi connectivity index (χ4v) is 5.47. The van der Waals surface area contributed by atoms with Crippen LogP contribution in [0.1, 0.15) is 5.56 Å². The number of hydrogen-bond acceptors (Lipinski definition) is 7. The average molecular weight is 560 g/mol. The van der Waals surface area contributed by atoms with Gasteiger partial charge in [-0.2, -0.15) is 0 Å². The molecular weight excluding hydrogens is 534 g/mol. The van der Waals surface area contributed by atoms with Crippen molar-refractivity contribution >= 4 is 28.2 Å². The molecule has 7 nitrogen and oxygen atoms in total. The van der Waals surface area contributed by atoms with E-state index in [4.69, 9.17) is 13.8 Å². The number of anilines is 3. The second-order valence-corrected chi connectivity index (χ2v) is 10.3. The van der Waals surface area contributed by atoms with E-state index in [1.165, 1.54) is 0 Å². The van der Waals surface area contributed by atoms with E-state index in [0.29, 0.717) is 24.2 Å². The van der Waals surface area contributed by atoms with E-state index in [2.05, 4.69) is 69.0 Å². The van der Waals surface area contributed by atoms with Gasteiger partial charge in [0, 0.05) is 28.9 Å². The number of aromatic nitrogens is 3. The SMILES string of the molecule is C=C1N(Cc2ccc(-c3nnc(-c4ccccc4)o3)cc2)c2cc(-c3nc4ccccc4o3)ccc2N1c1ccccc1. The Morgan fingerprint density at radius 1 is 0.581 bits per heavy atom. The maximum Gasteiger partial charge on any atom is 0.248 e. The minimum atomic E-state index is 0.486. The first-order chi connectivity index (χ1) is 21.2. The molecule has 7 heteroatoms. The Morgan fingerprint density at radius 3 is 1.98 bits per heavy atom. The van der Waals surface area contributed by atoms with Crippen LogP contribution in [0.3, 0.4) is 0 Å². The highest BCUT2D eigenvalue weighted by molar-refractivity contribution is 5.91. The number of para-hydroxylation sites is 3. The molecule has 7 aromatic rings. The Morgan fingerprint density at radius 2 is 1.23 bits per heavy atom. The van der Waals surface area contributed by atoms with E-state index in [1.807, 2.05) is 84.9 Å². The molecule has 3 heterocycles. The van der Waals surface area contributed by atoms with Crippen LogP contribution >= 0.6 is 0 Å². The van der Waals surface area contributed by atoms with Gasteiger partial charge in [-0.3, -0.25) is 4.90 Å². The Kier molecular flexibility index (Phi) is 5.86. The molecule has 0 atom stereocenters. The molecule has 1 aliphatic rings. The second kappa shape index (κ2) is 10.2. The van der Waals surface area contributed by atoms with E-state index in [0.717, 1.165) is 56.2 Å². The second-order valence-electron chi connectivity index (χ2n) is 10.3. The monoisotopic (exact) mass is 559 g/mol. The van der Waals surface area contributed by atoms with Crippen LogP contribution in [0, 0.1) is 0 Å². The topological polar surface area (TPSA) is 71.4 Å². The molecule has 0 amide bonds. The fraction of sp³-hybridized carbons (Fsp3) is 0.0278. The van der Waals surface area contributed by atoms with Crippen LogP contribution in [0.15, 0.2) is 149 Å². The van der Waals surface area contributed by atoms with Gasteiger partial charge in [0.2, 0.25) is 17.7 Å². The molecule has 0 saturated heterocycles. The Balaban J connectivity index is 1.12. The van der Waals surface area contributed by atoms with Gasteiger partial charge >= 0.3 is 0 Å². The maximum absolute atomic E-state index is 6.11. The number of oxazole rings is 1. The van der Waals surface area contributed by atoms with Crippen molar-refractivity contribution in [2.75, 3.05) is 9.80 Å². The Labute approximate surface area is 248 Å². The maximum atomic E-state index is 6.11. The average Bonchev–Trinajstić information content (AvgIpc) is 3.79. The van der Waals surface area contributed by atoms with Crippen LogP contribution in [-0.2, 0) is 6.54 Å². The van der Waals surface area contributed by atoms with Crippen LogP contribution in [-0.4, -0.2) is 15.2 Å². The molecule has 43 heavy (non-hydrogen) atoms. The highest BCUT2D eigenvalue weighted by atomic mass is 16.4. The molecule has 2 aromatic heterocycles. The zero-order valence-corrected chi connectivity index (χ0v) is 23.1. The predicted molar refractivity (Wildman–Crippen MR) is 169 cm³/mol. The summed E-state index contributed by atoms with van der Waals surface area (Å²) >= 11 is 0. The van der Waals surface area contributed by atoms with Crippen LogP contribution < -0.4 is 9.80 Å². The lowest BCUT2D eigenvalue weighted by molar-refractivity contribution is 0.584. The van der Waals surface area contributed by atoms with Gasteiger partial charge in [-0.05, 0) is 72.3 Å². The zero-order valence-electron chi connectivity index (χ0n) is 23.1. The zero-order chi connectivity index (χ0) is 28.8. The molecule has 1 aliphatic heterocycles. The molecule has 5 aromatic carbocycles. The van der Waals surface area contributed by atoms with Crippen molar-refractivity contribution in [3.8, 4) is 34.4 Å². The summed E-state index contributed by atoms with van der Waals surface area (Å²) in [5.41, 5.74) is 8.50. The van der Waals surface area contributed by atoms with Crippen molar-refractivity contribution in [1.82, 2.24) is 15.2 Å². The van der Waals surface area contributed by atoms with Crippen LogP contribution in [0.5, 0.6) is 0 Å². The van der Waals surface area contributed by atoms with Gasteiger partial charge in [0.1, 0.15) is 11.3 Å². The molecule has 0 fully saturated rings. The third kappa shape index (κ3) is 4.44. The van der Waals surface area contributed by atoms with Crippen molar-refractivity contribution in [3.63, 3.8) is 0 Å². The third-order valence-corrected chi connectivity index (χ3v) is 7.62. The van der Waals surface area contributed by atoms with Crippen molar-refractivity contribution in [2.24, 2.45) is 0 Å². The molecule has 0 spiro atoms. The minimum Gasteiger partial charge on any atom is -0.436 e. The molecule has 0 unspecified atom stereocenters. The Hall–Kier alpha value is -5.95. The minimum absolute atomic E-state index is 0.486. The molecule has 0 radical (unpaired) electrons. The van der Waals surface area contributed by atoms with Crippen molar-refractivity contribution in [2.45, 2.75) is 6.54 Å². The van der Waals surface area contributed by atoms with Gasteiger partial charge in [0.25, 0.3) is 0 Å². The molecule has 206 valence electrons. The molecular formula is C36H25N5O2. The summed E-state index contributed by atoms with van der Waals surface area (Å²) in [6, 6.07) is 42.4. The number of rotatable bonds is 6. The van der Waals surface area contributed by atoms with E-state index in [-0.39, 0.29) is 0 Å². The highest BCUT2D eigenvalue weighted by Gasteiger charge is 2.32. The molecule has 0 aliphatic carbocycles. The largest absolute Gasteiger partial charge is 0.436 e. The van der Waals surface area contributed by atoms with Gasteiger partial charge in [0.15, 0.2) is 5.58 Å². The van der Waals surface area contributed by atoms with Gasteiger partial charge in [-0.1, -0.05) is 67.2 Å². The first-order valence-electron chi connectivity index (χ1n) is 14.0. The Bertz CT molecular complexity index is 2050. The number of nitrogens with zero attached hydrogens (tertiary/aromatic N) is 5. The first kappa shape index (κ1) is 24.8. The van der Waals surface area contributed by atoms with Crippen LogP contribution in [0.25, 0.3) is 45.5 Å². The van der Waals surface area contributed by atoms with Crippen LogP contribution in [0.2, 0.25) is 0 Å². The quantitative estimate of drug-likeness (QED) is 0.202. The van der Waals surface area contributed by atoms with E-state index < -0.39 is 0 Å². The smallest absolute Gasteiger partial charge is 0.248 e. The predicted octanol–water partition coefficient (Wildman–Crippen LogP) is 8.84. The van der Waals surface area contributed by atoms with Crippen molar-refractivity contribution < 1.29 is 8.83 Å². The summed E-state index contributed by atoms with van der Waals surface area (Å²) in [6.45, 7) is 5.13. The number of fused-ring (bicyclic) bond motifs is 2. The summed E-state index contributed by atoms with van der Waals surface area (Å²) in [4.78, 5) is 9.14. The fourth-order valence-electron chi connectivity index (χ4n) is 5.47. The molecule has 0 saturated carbocycles. The lowest BCUT2D eigenvalue weighted by Crippen LogP contribution is -2.24. The molecule has 0 bridgehead atoms.